The van der Waals surface area contributed by atoms with Crippen LogP contribution in [-0.4, -0.2) is 21.9 Å². The highest BCUT2D eigenvalue weighted by Gasteiger charge is 2.51. The van der Waals surface area contributed by atoms with Crippen molar-refractivity contribution in [2.24, 2.45) is 17.3 Å². The lowest BCUT2D eigenvalue weighted by molar-refractivity contribution is -0.0114. The Bertz CT molecular complexity index is 355. The van der Waals surface area contributed by atoms with E-state index in [-0.39, 0.29) is 11.5 Å². The van der Waals surface area contributed by atoms with Gasteiger partial charge in [-0.3, -0.25) is 0 Å². The van der Waals surface area contributed by atoms with Crippen molar-refractivity contribution < 1.29 is 10.2 Å². The molecule has 0 aliphatic heterocycles. The van der Waals surface area contributed by atoms with E-state index in [1.807, 2.05) is 13.8 Å². The van der Waals surface area contributed by atoms with Crippen LogP contribution in [0.3, 0.4) is 0 Å². The highest BCUT2D eigenvalue weighted by molar-refractivity contribution is 5.13. The molecule has 2 aliphatic rings. The molecule has 0 radical (unpaired) electrons. The third-order valence-corrected chi connectivity index (χ3v) is 5.87. The third kappa shape index (κ3) is 3.28. The highest BCUT2D eigenvalue weighted by atomic mass is 16.3. The SMILES string of the molecule is C=C(CCCC(C)(C)O)C1CC[C@H]2[C@@H](O)CCC[C@]12C. The Labute approximate surface area is 124 Å². The van der Waals surface area contributed by atoms with Crippen molar-refractivity contribution in [3.05, 3.63) is 12.2 Å². The number of hydrogen-bond donors (Lipinski definition) is 2. The minimum Gasteiger partial charge on any atom is -0.393 e. The molecule has 2 saturated carbocycles. The molecule has 2 nitrogen and oxygen atoms in total. The Morgan fingerprint density at radius 3 is 2.65 bits per heavy atom. The van der Waals surface area contributed by atoms with Crippen LogP contribution in [-0.2, 0) is 0 Å². The largest absolute Gasteiger partial charge is 0.393 e. The zero-order chi connectivity index (χ0) is 15.0. The van der Waals surface area contributed by atoms with Gasteiger partial charge in [-0.25, -0.2) is 0 Å². The summed E-state index contributed by atoms with van der Waals surface area (Å²) >= 11 is 0. The second-order valence-electron chi connectivity index (χ2n) is 8.03. The van der Waals surface area contributed by atoms with Crippen LogP contribution in [0.15, 0.2) is 12.2 Å². The molecule has 4 atom stereocenters. The van der Waals surface area contributed by atoms with Gasteiger partial charge in [0.2, 0.25) is 0 Å². The highest BCUT2D eigenvalue weighted by Crippen LogP contribution is 2.57. The average Bonchev–Trinajstić information content (AvgIpc) is 2.66. The second-order valence-corrected chi connectivity index (χ2v) is 8.03. The fourth-order valence-corrected chi connectivity index (χ4v) is 4.74. The summed E-state index contributed by atoms with van der Waals surface area (Å²) in [5, 5.41) is 20.1. The van der Waals surface area contributed by atoms with Crippen molar-refractivity contribution in [1.29, 1.82) is 0 Å². The molecule has 0 aromatic carbocycles. The van der Waals surface area contributed by atoms with E-state index in [9.17, 15) is 10.2 Å². The van der Waals surface area contributed by atoms with Crippen molar-refractivity contribution in [3.63, 3.8) is 0 Å². The van der Waals surface area contributed by atoms with Crippen molar-refractivity contribution in [3.8, 4) is 0 Å². The molecule has 0 saturated heterocycles. The van der Waals surface area contributed by atoms with E-state index < -0.39 is 5.60 Å². The lowest BCUT2D eigenvalue weighted by Gasteiger charge is -2.44. The number of fused-ring (bicyclic) bond motifs is 1. The van der Waals surface area contributed by atoms with Gasteiger partial charge in [0.15, 0.2) is 0 Å². The zero-order valence-corrected chi connectivity index (χ0v) is 13.5. The second kappa shape index (κ2) is 5.81. The first kappa shape index (κ1) is 16.0. The maximum atomic E-state index is 10.3. The van der Waals surface area contributed by atoms with Gasteiger partial charge in [-0.15, -0.1) is 0 Å². The van der Waals surface area contributed by atoms with Crippen molar-refractivity contribution in [1.82, 2.24) is 0 Å². The number of rotatable bonds is 5. The molecule has 2 aliphatic carbocycles. The number of aliphatic hydroxyl groups excluding tert-OH is 1. The standard InChI is InChI=1S/C18H32O2/c1-13(7-5-11-17(2,3)20)14-9-10-15-16(19)8-6-12-18(14,15)4/h14-16,19-20H,1,5-12H2,2-4H3/t14?,15-,16-,18+/m0/s1. The first-order valence-electron chi connectivity index (χ1n) is 8.32. The quantitative estimate of drug-likeness (QED) is 0.746. The van der Waals surface area contributed by atoms with Gasteiger partial charge >= 0.3 is 0 Å². The summed E-state index contributed by atoms with van der Waals surface area (Å²) in [5.41, 5.74) is 1.06. The summed E-state index contributed by atoms with van der Waals surface area (Å²) < 4.78 is 0. The molecule has 0 bridgehead atoms. The van der Waals surface area contributed by atoms with Gasteiger partial charge < -0.3 is 10.2 Å². The summed E-state index contributed by atoms with van der Waals surface area (Å²) in [5.74, 6) is 1.05. The van der Waals surface area contributed by atoms with Crippen LogP contribution in [0.5, 0.6) is 0 Å². The van der Waals surface area contributed by atoms with Gasteiger partial charge in [-0.05, 0) is 76.0 Å². The van der Waals surface area contributed by atoms with Gasteiger partial charge in [-0.2, -0.15) is 0 Å². The van der Waals surface area contributed by atoms with E-state index in [2.05, 4.69) is 13.5 Å². The molecule has 20 heavy (non-hydrogen) atoms. The monoisotopic (exact) mass is 280 g/mol. The fraction of sp³-hybridized carbons (Fsp3) is 0.889. The van der Waals surface area contributed by atoms with Crippen molar-refractivity contribution in [2.75, 3.05) is 0 Å². The molecule has 0 aromatic rings. The van der Waals surface area contributed by atoms with Gasteiger partial charge in [0.05, 0.1) is 11.7 Å². The van der Waals surface area contributed by atoms with Crippen molar-refractivity contribution >= 4 is 0 Å². The molecular weight excluding hydrogens is 248 g/mol. The normalized spacial score (nSPS) is 37.8. The molecule has 0 spiro atoms. The van der Waals surface area contributed by atoms with Crippen LogP contribution >= 0.6 is 0 Å². The Hall–Kier alpha value is -0.340. The van der Waals surface area contributed by atoms with Crippen molar-refractivity contribution in [2.45, 2.75) is 83.8 Å². The van der Waals surface area contributed by atoms with Crippen LogP contribution in [0.2, 0.25) is 0 Å². The zero-order valence-electron chi connectivity index (χ0n) is 13.5. The predicted molar refractivity (Wildman–Crippen MR) is 83.5 cm³/mol. The van der Waals surface area contributed by atoms with E-state index in [1.165, 1.54) is 18.4 Å². The molecule has 2 fully saturated rings. The van der Waals surface area contributed by atoms with Crippen LogP contribution in [0.4, 0.5) is 0 Å². The molecule has 2 rings (SSSR count). The maximum absolute atomic E-state index is 10.3. The molecule has 0 heterocycles. The summed E-state index contributed by atoms with van der Waals surface area (Å²) in [7, 11) is 0. The Morgan fingerprint density at radius 2 is 2.00 bits per heavy atom. The lowest BCUT2D eigenvalue weighted by atomic mass is 9.62. The Balaban J connectivity index is 1.94. The number of aliphatic hydroxyl groups is 2. The Kier molecular flexibility index (Phi) is 4.66. The molecule has 116 valence electrons. The summed E-state index contributed by atoms with van der Waals surface area (Å²) in [6, 6.07) is 0. The lowest BCUT2D eigenvalue weighted by Crippen LogP contribution is -2.40. The molecule has 2 heteroatoms. The topological polar surface area (TPSA) is 40.5 Å². The van der Waals surface area contributed by atoms with Gasteiger partial charge in [-0.1, -0.05) is 25.5 Å². The van der Waals surface area contributed by atoms with Crippen LogP contribution < -0.4 is 0 Å². The number of allylic oxidation sites excluding steroid dienone is 1. The third-order valence-electron chi connectivity index (χ3n) is 5.87. The summed E-state index contributed by atoms with van der Waals surface area (Å²) in [6.45, 7) is 10.5. The first-order chi connectivity index (χ1) is 9.24. The number of hydrogen-bond acceptors (Lipinski definition) is 2. The van der Waals surface area contributed by atoms with Crippen LogP contribution in [0.25, 0.3) is 0 Å². The molecular formula is C18H32O2. The predicted octanol–water partition coefficient (Wildman–Crippen LogP) is 4.06. The summed E-state index contributed by atoms with van der Waals surface area (Å²) in [4.78, 5) is 0. The molecule has 0 aromatic heterocycles. The molecule has 0 amide bonds. The molecule has 1 unspecified atom stereocenters. The van der Waals surface area contributed by atoms with Crippen LogP contribution in [0, 0.1) is 17.3 Å². The average molecular weight is 280 g/mol. The maximum Gasteiger partial charge on any atom is 0.0591 e. The minimum absolute atomic E-state index is 0.0945. The van der Waals surface area contributed by atoms with Crippen LogP contribution in [0.1, 0.15) is 72.1 Å². The van der Waals surface area contributed by atoms with E-state index in [0.717, 1.165) is 38.5 Å². The molecule has 2 N–H and O–H groups in total. The van der Waals surface area contributed by atoms with Gasteiger partial charge in [0, 0.05) is 0 Å². The van der Waals surface area contributed by atoms with E-state index in [4.69, 9.17) is 0 Å². The van der Waals surface area contributed by atoms with E-state index in [0.29, 0.717) is 11.8 Å². The first-order valence-corrected chi connectivity index (χ1v) is 8.32. The van der Waals surface area contributed by atoms with Gasteiger partial charge in [0.1, 0.15) is 0 Å². The van der Waals surface area contributed by atoms with E-state index >= 15 is 0 Å². The van der Waals surface area contributed by atoms with E-state index in [1.54, 1.807) is 0 Å². The van der Waals surface area contributed by atoms with Gasteiger partial charge in [0.25, 0.3) is 0 Å². The minimum atomic E-state index is -0.566. The fourth-order valence-electron chi connectivity index (χ4n) is 4.74. The smallest absolute Gasteiger partial charge is 0.0591 e. The Morgan fingerprint density at radius 1 is 1.30 bits per heavy atom. The summed E-state index contributed by atoms with van der Waals surface area (Å²) in [6.07, 6.45) is 8.51.